The molecule has 0 saturated heterocycles. The second kappa shape index (κ2) is 1.00. The van der Waals surface area contributed by atoms with Crippen LogP contribution in [0.15, 0.2) is 12.2 Å². The molecule has 0 N–H and O–H groups in total. The van der Waals surface area contributed by atoms with Gasteiger partial charge in [-0.15, -0.1) is 0 Å². The first-order valence-electron chi connectivity index (χ1n) is 3.60. The SMILES string of the molecule is O=C1[C@@H]2[C@@H]3C=C[C@H]1C[C@@H]32. The van der Waals surface area contributed by atoms with Gasteiger partial charge in [0.15, 0.2) is 0 Å². The molecule has 0 aromatic rings. The second-order valence-corrected chi connectivity index (χ2v) is 3.40. The Morgan fingerprint density at radius 2 is 2.33 bits per heavy atom. The molecular weight excluding hydrogens is 112 g/mol. The minimum absolute atomic E-state index is 0.338. The van der Waals surface area contributed by atoms with Gasteiger partial charge in [-0.3, -0.25) is 4.79 Å². The topological polar surface area (TPSA) is 17.1 Å². The maximum atomic E-state index is 11.2. The number of Topliss-reactive ketones (excluding diaryl/α,β-unsaturated/α-hetero) is 1. The molecule has 2 fully saturated rings. The molecule has 0 aromatic heterocycles. The lowest BCUT2D eigenvalue weighted by molar-refractivity contribution is -0.121. The van der Waals surface area contributed by atoms with E-state index in [4.69, 9.17) is 0 Å². The first-order valence-corrected chi connectivity index (χ1v) is 3.60. The molecule has 0 aliphatic heterocycles. The van der Waals surface area contributed by atoms with Crippen LogP contribution in [0.25, 0.3) is 0 Å². The van der Waals surface area contributed by atoms with Crippen molar-refractivity contribution in [1.82, 2.24) is 0 Å². The zero-order chi connectivity index (χ0) is 6.01. The highest BCUT2D eigenvalue weighted by atomic mass is 16.1. The van der Waals surface area contributed by atoms with Crippen LogP contribution in [0, 0.1) is 23.7 Å². The number of allylic oxidation sites excluding steroid dienone is 2. The summed E-state index contributed by atoms with van der Waals surface area (Å²) in [6, 6.07) is 0. The molecule has 1 nitrogen and oxygen atoms in total. The van der Waals surface area contributed by atoms with Crippen LogP contribution in [0.5, 0.6) is 0 Å². The summed E-state index contributed by atoms with van der Waals surface area (Å²) in [4.78, 5) is 11.2. The first kappa shape index (κ1) is 4.26. The fourth-order valence-electron chi connectivity index (χ4n) is 2.46. The van der Waals surface area contributed by atoms with Crippen molar-refractivity contribution in [2.24, 2.45) is 23.7 Å². The van der Waals surface area contributed by atoms with E-state index in [1.165, 1.54) is 6.42 Å². The number of ketones is 1. The predicted octanol–water partition coefficient (Wildman–Crippen LogP) is 1.01. The quantitative estimate of drug-likeness (QED) is 0.436. The summed E-state index contributed by atoms with van der Waals surface area (Å²) in [7, 11) is 0. The number of hydrogen-bond acceptors (Lipinski definition) is 1. The molecule has 0 unspecified atom stereocenters. The van der Waals surface area contributed by atoms with Crippen LogP contribution in [0.2, 0.25) is 0 Å². The minimum atomic E-state index is 0.338. The summed E-state index contributed by atoms with van der Waals surface area (Å²) >= 11 is 0. The fraction of sp³-hybridized carbons (Fsp3) is 0.625. The Morgan fingerprint density at radius 1 is 1.44 bits per heavy atom. The summed E-state index contributed by atoms with van der Waals surface area (Å²) in [6.07, 6.45) is 5.52. The molecule has 4 aliphatic carbocycles. The number of hydrogen-bond donors (Lipinski definition) is 0. The fourth-order valence-corrected chi connectivity index (χ4v) is 2.46. The zero-order valence-electron chi connectivity index (χ0n) is 5.08. The Bertz CT molecular complexity index is 217. The molecule has 0 amide bonds. The molecule has 4 atom stereocenters. The van der Waals surface area contributed by atoms with Gasteiger partial charge in [-0.2, -0.15) is 0 Å². The average molecular weight is 120 g/mol. The maximum absolute atomic E-state index is 11.2. The summed E-state index contributed by atoms with van der Waals surface area (Å²) in [5.74, 6) is 2.83. The van der Waals surface area contributed by atoms with E-state index in [0.29, 0.717) is 23.5 Å². The third-order valence-corrected chi connectivity index (χ3v) is 3.02. The smallest absolute Gasteiger partial charge is 0.143 e. The van der Waals surface area contributed by atoms with Crippen LogP contribution in [0.4, 0.5) is 0 Å². The summed E-state index contributed by atoms with van der Waals surface area (Å²) in [5.41, 5.74) is 0. The van der Waals surface area contributed by atoms with Gasteiger partial charge in [0.05, 0.1) is 0 Å². The van der Waals surface area contributed by atoms with Crippen molar-refractivity contribution in [3.63, 3.8) is 0 Å². The molecule has 4 aliphatic rings. The van der Waals surface area contributed by atoms with Gasteiger partial charge < -0.3 is 0 Å². The van der Waals surface area contributed by atoms with E-state index in [9.17, 15) is 4.79 Å². The molecule has 1 heteroatoms. The predicted molar refractivity (Wildman–Crippen MR) is 32.7 cm³/mol. The molecule has 4 bridgehead atoms. The molecule has 4 rings (SSSR count). The highest BCUT2D eigenvalue weighted by Gasteiger charge is 2.62. The van der Waals surface area contributed by atoms with Crippen LogP contribution in [0.3, 0.4) is 0 Å². The van der Waals surface area contributed by atoms with Gasteiger partial charge in [0.25, 0.3) is 0 Å². The summed E-state index contributed by atoms with van der Waals surface area (Å²) in [6.45, 7) is 0. The standard InChI is InChI=1S/C8H8O/c9-8-4-1-2-5-6(3-4)7(5)8/h1-2,4-7H,3H2/t4-,5+,6-,7+/m0/s1. The number of carbonyl (C=O) groups is 1. The highest BCUT2D eigenvalue weighted by Crippen LogP contribution is 2.61. The summed E-state index contributed by atoms with van der Waals surface area (Å²) < 4.78 is 0. The molecule has 0 heterocycles. The van der Waals surface area contributed by atoms with Crippen molar-refractivity contribution in [3.8, 4) is 0 Å². The van der Waals surface area contributed by atoms with Crippen LogP contribution >= 0.6 is 0 Å². The third-order valence-electron chi connectivity index (χ3n) is 3.02. The Kier molecular flexibility index (Phi) is 0.476. The monoisotopic (exact) mass is 120 g/mol. The third kappa shape index (κ3) is 0.311. The lowest BCUT2D eigenvalue weighted by atomic mass is 9.92. The Hall–Kier alpha value is -0.590. The highest BCUT2D eigenvalue weighted by molar-refractivity contribution is 5.92. The molecule has 0 radical (unpaired) electrons. The van der Waals surface area contributed by atoms with E-state index in [-0.39, 0.29) is 0 Å². The van der Waals surface area contributed by atoms with E-state index < -0.39 is 0 Å². The van der Waals surface area contributed by atoms with Crippen LogP contribution in [-0.4, -0.2) is 5.78 Å². The molecule has 0 spiro atoms. The van der Waals surface area contributed by atoms with Crippen molar-refractivity contribution < 1.29 is 4.79 Å². The lowest BCUT2D eigenvalue weighted by Gasteiger charge is -2.11. The Morgan fingerprint density at radius 3 is 2.67 bits per heavy atom. The largest absolute Gasteiger partial charge is 0.299 e. The first-order chi connectivity index (χ1) is 4.38. The van der Waals surface area contributed by atoms with Gasteiger partial charge in [-0.25, -0.2) is 0 Å². The van der Waals surface area contributed by atoms with Gasteiger partial charge in [0, 0.05) is 11.8 Å². The number of carbonyl (C=O) groups excluding carboxylic acids is 1. The molecular formula is C8H8O. The van der Waals surface area contributed by atoms with Crippen molar-refractivity contribution in [2.75, 3.05) is 0 Å². The van der Waals surface area contributed by atoms with E-state index in [0.717, 1.165) is 5.92 Å². The van der Waals surface area contributed by atoms with Crippen LogP contribution in [-0.2, 0) is 4.79 Å². The van der Waals surface area contributed by atoms with Crippen molar-refractivity contribution >= 4 is 5.78 Å². The van der Waals surface area contributed by atoms with Crippen LogP contribution < -0.4 is 0 Å². The second-order valence-electron chi connectivity index (χ2n) is 3.40. The molecule has 9 heavy (non-hydrogen) atoms. The van der Waals surface area contributed by atoms with Crippen molar-refractivity contribution in [3.05, 3.63) is 12.2 Å². The lowest BCUT2D eigenvalue weighted by Crippen LogP contribution is -2.14. The molecule has 46 valence electrons. The minimum Gasteiger partial charge on any atom is -0.299 e. The van der Waals surface area contributed by atoms with Crippen molar-refractivity contribution in [2.45, 2.75) is 6.42 Å². The van der Waals surface area contributed by atoms with Gasteiger partial charge in [-0.1, -0.05) is 12.2 Å². The van der Waals surface area contributed by atoms with Gasteiger partial charge in [-0.05, 0) is 18.3 Å². The molecule has 2 saturated carbocycles. The normalized spacial score (nSPS) is 58.4. The Balaban J connectivity index is 2.20. The van der Waals surface area contributed by atoms with E-state index in [1.54, 1.807) is 0 Å². The Labute approximate surface area is 53.7 Å². The van der Waals surface area contributed by atoms with Gasteiger partial charge in [0.2, 0.25) is 0 Å². The number of rotatable bonds is 0. The van der Waals surface area contributed by atoms with Gasteiger partial charge in [0.1, 0.15) is 5.78 Å². The van der Waals surface area contributed by atoms with Crippen LogP contribution in [0.1, 0.15) is 6.42 Å². The summed E-state index contributed by atoms with van der Waals surface area (Å²) in [5, 5.41) is 0. The van der Waals surface area contributed by atoms with E-state index >= 15 is 0 Å². The van der Waals surface area contributed by atoms with Crippen molar-refractivity contribution in [1.29, 1.82) is 0 Å². The maximum Gasteiger partial charge on any atom is 0.143 e. The zero-order valence-corrected chi connectivity index (χ0v) is 5.08. The van der Waals surface area contributed by atoms with E-state index in [2.05, 4.69) is 12.2 Å². The van der Waals surface area contributed by atoms with Gasteiger partial charge >= 0.3 is 0 Å². The molecule has 0 aromatic carbocycles. The van der Waals surface area contributed by atoms with E-state index in [1.807, 2.05) is 0 Å². The average Bonchev–Trinajstić information content (AvgIpc) is 2.52.